The van der Waals surface area contributed by atoms with Crippen molar-refractivity contribution in [3.05, 3.63) is 164 Å². The molecular weight excluding hydrogens is 599 g/mol. The minimum Gasteiger partial charge on any atom is -0.455 e. The second-order valence-electron chi connectivity index (χ2n) is 12.4. The van der Waals surface area contributed by atoms with Crippen molar-refractivity contribution in [1.29, 1.82) is 0 Å². The summed E-state index contributed by atoms with van der Waals surface area (Å²) in [5.41, 5.74) is 6.57. The third kappa shape index (κ3) is 4.42. The van der Waals surface area contributed by atoms with Crippen LogP contribution in [0, 0.1) is 0 Å². The Labute approximate surface area is 282 Å². The van der Waals surface area contributed by atoms with Crippen molar-refractivity contribution in [2.45, 2.75) is 0 Å². The first-order chi connectivity index (χ1) is 24.3. The molecule has 0 fully saturated rings. The maximum absolute atomic E-state index is 6.73. The van der Waals surface area contributed by atoms with Gasteiger partial charge in [0.05, 0.1) is 0 Å². The first kappa shape index (κ1) is 27.5. The van der Waals surface area contributed by atoms with Gasteiger partial charge in [-0.15, -0.1) is 0 Å². The van der Waals surface area contributed by atoms with Crippen LogP contribution in [-0.4, -0.2) is 15.0 Å². The Balaban J connectivity index is 1.20. The van der Waals surface area contributed by atoms with Gasteiger partial charge in [-0.05, 0) is 50.0 Å². The normalized spacial score (nSPS) is 11.7. The summed E-state index contributed by atoms with van der Waals surface area (Å²) in [4.78, 5) is 15.0. The molecule has 0 aliphatic heterocycles. The minimum absolute atomic E-state index is 0.607. The predicted octanol–water partition coefficient (Wildman–Crippen LogP) is 11.9. The first-order valence-electron chi connectivity index (χ1n) is 16.5. The van der Waals surface area contributed by atoms with E-state index in [4.69, 9.17) is 19.4 Å². The number of benzene rings is 8. The summed E-state index contributed by atoms with van der Waals surface area (Å²) in [7, 11) is 0. The molecular formula is C45H27N3O. The Hall–Kier alpha value is -6.65. The van der Waals surface area contributed by atoms with Crippen LogP contribution in [0.3, 0.4) is 0 Å². The molecule has 10 rings (SSSR count). The molecule has 0 spiro atoms. The fourth-order valence-electron chi connectivity index (χ4n) is 7.27. The zero-order valence-electron chi connectivity index (χ0n) is 26.3. The van der Waals surface area contributed by atoms with E-state index in [1.165, 1.54) is 32.3 Å². The number of para-hydroxylation sites is 1. The van der Waals surface area contributed by atoms with Crippen LogP contribution >= 0.6 is 0 Å². The van der Waals surface area contributed by atoms with Crippen LogP contribution in [0.1, 0.15) is 0 Å². The van der Waals surface area contributed by atoms with Gasteiger partial charge in [0, 0.05) is 33.0 Å². The van der Waals surface area contributed by atoms with Crippen LogP contribution in [0.2, 0.25) is 0 Å². The van der Waals surface area contributed by atoms with Crippen molar-refractivity contribution in [2.75, 3.05) is 0 Å². The van der Waals surface area contributed by atoms with Crippen LogP contribution in [0.25, 0.3) is 99.5 Å². The lowest BCUT2D eigenvalue weighted by atomic mass is 9.91. The maximum atomic E-state index is 6.73. The summed E-state index contributed by atoms with van der Waals surface area (Å²) >= 11 is 0. The van der Waals surface area contributed by atoms with E-state index in [0.29, 0.717) is 17.5 Å². The van der Waals surface area contributed by atoms with E-state index < -0.39 is 0 Å². The fourth-order valence-corrected chi connectivity index (χ4v) is 7.27. The molecule has 2 aromatic heterocycles. The summed E-state index contributed by atoms with van der Waals surface area (Å²) in [5.74, 6) is 1.87. The molecule has 4 nitrogen and oxygen atoms in total. The van der Waals surface area contributed by atoms with Gasteiger partial charge in [-0.2, -0.15) is 0 Å². The van der Waals surface area contributed by atoms with Gasteiger partial charge in [0.2, 0.25) is 0 Å². The van der Waals surface area contributed by atoms with Crippen molar-refractivity contribution in [3.63, 3.8) is 0 Å². The fraction of sp³-hybridized carbons (Fsp3) is 0. The molecule has 0 N–H and O–H groups in total. The highest BCUT2D eigenvalue weighted by atomic mass is 16.3. The van der Waals surface area contributed by atoms with Gasteiger partial charge < -0.3 is 4.42 Å². The maximum Gasteiger partial charge on any atom is 0.164 e. The lowest BCUT2D eigenvalue weighted by molar-refractivity contribution is 0.670. The molecule has 228 valence electrons. The predicted molar refractivity (Wildman–Crippen MR) is 201 cm³/mol. The third-order valence-electron chi connectivity index (χ3n) is 9.52. The average molecular weight is 626 g/mol. The second kappa shape index (κ2) is 11.0. The number of furan rings is 1. The van der Waals surface area contributed by atoms with Gasteiger partial charge in [0.25, 0.3) is 0 Å². The Morgan fingerprint density at radius 3 is 1.45 bits per heavy atom. The van der Waals surface area contributed by atoms with E-state index in [1.807, 2.05) is 72.8 Å². The number of nitrogens with zero attached hydrogens (tertiary/aromatic N) is 3. The van der Waals surface area contributed by atoms with E-state index in [-0.39, 0.29) is 0 Å². The molecule has 0 radical (unpaired) electrons. The van der Waals surface area contributed by atoms with Crippen LogP contribution < -0.4 is 0 Å². The number of rotatable bonds is 4. The number of fused-ring (bicyclic) bond motifs is 9. The highest BCUT2D eigenvalue weighted by Gasteiger charge is 2.20. The van der Waals surface area contributed by atoms with Crippen molar-refractivity contribution in [1.82, 2.24) is 15.0 Å². The van der Waals surface area contributed by atoms with Gasteiger partial charge in [-0.1, -0.05) is 152 Å². The smallest absolute Gasteiger partial charge is 0.164 e. The van der Waals surface area contributed by atoms with E-state index in [1.54, 1.807) is 0 Å². The molecule has 4 heteroatoms. The quantitative estimate of drug-likeness (QED) is 0.183. The Kier molecular flexibility index (Phi) is 6.15. The summed E-state index contributed by atoms with van der Waals surface area (Å²) in [6.45, 7) is 0. The molecule has 49 heavy (non-hydrogen) atoms. The topological polar surface area (TPSA) is 51.8 Å². The van der Waals surface area contributed by atoms with Crippen molar-refractivity contribution in [2.24, 2.45) is 0 Å². The van der Waals surface area contributed by atoms with Crippen LogP contribution in [0.15, 0.2) is 168 Å². The summed E-state index contributed by atoms with van der Waals surface area (Å²) < 4.78 is 6.73. The molecule has 0 unspecified atom stereocenters. The molecule has 8 aromatic carbocycles. The van der Waals surface area contributed by atoms with E-state index in [2.05, 4.69) is 91.0 Å². The van der Waals surface area contributed by atoms with Gasteiger partial charge in [-0.25, -0.2) is 15.0 Å². The lowest BCUT2D eigenvalue weighted by Crippen LogP contribution is -2.00. The zero-order valence-corrected chi connectivity index (χ0v) is 26.3. The van der Waals surface area contributed by atoms with Gasteiger partial charge in [-0.3, -0.25) is 0 Å². The summed E-state index contributed by atoms with van der Waals surface area (Å²) in [6, 6.07) is 56.8. The second-order valence-corrected chi connectivity index (χ2v) is 12.4. The molecule has 2 heterocycles. The van der Waals surface area contributed by atoms with E-state index in [9.17, 15) is 0 Å². The first-order valence-corrected chi connectivity index (χ1v) is 16.5. The molecule has 0 bridgehead atoms. The van der Waals surface area contributed by atoms with Crippen molar-refractivity contribution >= 4 is 54.3 Å². The van der Waals surface area contributed by atoms with E-state index in [0.717, 1.165) is 49.8 Å². The molecule has 0 saturated heterocycles. The highest BCUT2D eigenvalue weighted by molar-refractivity contribution is 6.26. The zero-order chi connectivity index (χ0) is 32.3. The molecule has 0 aliphatic rings. The number of hydrogen-bond donors (Lipinski definition) is 0. The molecule has 0 amide bonds. The SMILES string of the molecule is c1ccc(-c2nc(-c3ccccc3)nc(-c3cccc4oc5c(-c6ccc7c8ccccc8c8ccccc8c7c6)cccc5c34)n2)cc1. The molecule has 0 saturated carbocycles. The Bertz CT molecular complexity index is 2780. The van der Waals surface area contributed by atoms with Crippen molar-refractivity contribution in [3.8, 4) is 45.3 Å². The number of hydrogen-bond acceptors (Lipinski definition) is 4. The van der Waals surface area contributed by atoms with Crippen LogP contribution in [-0.2, 0) is 0 Å². The molecule has 0 aliphatic carbocycles. The van der Waals surface area contributed by atoms with Gasteiger partial charge in [0.15, 0.2) is 17.5 Å². The Morgan fingerprint density at radius 1 is 0.327 bits per heavy atom. The average Bonchev–Trinajstić information content (AvgIpc) is 3.58. The van der Waals surface area contributed by atoms with Gasteiger partial charge >= 0.3 is 0 Å². The Morgan fingerprint density at radius 2 is 0.816 bits per heavy atom. The number of aromatic nitrogens is 3. The third-order valence-corrected chi connectivity index (χ3v) is 9.52. The highest BCUT2D eigenvalue weighted by Crippen LogP contribution is 2.42. The molecule has 10 aromatic rings. The summed E-state index contributed by atoms with van der Waals surface area (Å²) in [6.07, 6.45) is 0. The summed E-state index contributed by atoms with van der Waals surface area (Å²) in [5, 5.41) is 9.52. The van der Waals surface area contributed by atoms with Crippen LogP contribution in [0.4, 0.5) is 0 Å². The van der Waals surface area contributed by atoms with Crippen molar-refractivity contribution < 1.29 is 4.42 Å². The van der Waals surface area contributed by atoms with E-state index >= 15 is 0 Å². The van der Waals surface area contributed by atoms with Crippen LogP contribution in [0.5, 0.6) is 0 Å². The standard InChI is InChI=1S/C45H27N3O/c1-3-13-28(14-4-1)43-46-44(29-15-5-2-6-16-29)48-45(47-43)38-23-12-24-40-41(38)37-22-11-21-31(42(37)49-40)30-25-26-36-34-19-8-7-17-32(34)33-18-9-10-20-35(33)39(36)27-30/h1-27H. The largest absolute Gasteiger partial charge is 0.455 e. The molecule has 0 atom stereocenters. The monoisotopic (exact) mass is 625 g/mol. The minimum atomic E-state index is 0.607. The van der Waals surface area contributed by atoms with Gasteiger partial charge in [0.1, 0.15) is 11.2 Å². The lowest BCUT2D eigenvalue weighted by Gasteiger charge is -2.12.